The molecule has 1 saturated heterocycles. The molecule has 1 aromatic carbocycles. The van der Waals surface area contributed by atoms with E-state index in [0.29, 0.717) is 6.42 Å². The van der Waals surface area contributed by atoms with Crippen LogP contribution in [0.3, 0.4) is 0 Å². The molecular weight excluding hydrogens is 304 g/mol. The van der Waals surface area contributed by atoms with Crippen LogP contribution in [-0.4, -0.2) is 31.6 Å². The monoisotopic (exact) mass is 318 g/mol. The van der Waals surface area contributed by atoms with E-state index in [1.54, 1.807) is 0 Å². The van der Waals surface area contributed by atoms with Gasteiger partial charge in [-0.3, -0.25) is 0 Å². The van der Waals surface area contributed by atoms with Gasteiger partial charge in [0.2, 0.25) is 0 Å². The van der Waals surface area contributed by atoms with E-state index in [9.17, 15) is 13.5 Å². The van der Waals surface area contributed by atoms with E-state index < -0.39 is 9.84 Å². The molecule has 17 heavy (non-hydrogen) atoms. The Balaban J connectivity index is 2.20. The van der Waals surface area contributed by atoms with Crippen LogP contribution in [0.2, 0.25) is 0 Å². The maximum absolute atomic E-state index is 11.5. The van der Waals surface area contributed by atoms with Crippen LogP contribution >= 0.6 is 15.9 Å². The zero-order valence-electron chi connectivity index (χ0n) is 9.34. The summed E-state index contributed by atoms with van der Waals surface area (Å²) >= 11 is 3.36. The van der Waals surface area contributed by atoms with Crippen molar-refractivity contribution < 1.29 is 13.5 Å². The molecule has 1 aliphatic rings. The third-order valence-electron chi connectivity index (χ3n) is 3.33. The summed E-state index contributed by atoms with van der Waals surface area (Å²) in [5.74, 6) is 0.436. The molecule has 0 aromatic heterocycles. The number of aliphatic hydroxyl groups is 1. The van der Waals surface area contributed by atoms with E-state index in [-0.39, 0.29) is 29.9 Å². The van der Waals surface area contributed by atoms with Crippen LogP contribution in [0.15, 0.2) is 28.7 Å². The Morgan fingerprint density at radius 1 is 1.35 bits per heavy atom. The first-order valence-electron chi connectivity index (χ1n) is 5.58. The van der Waals surface area contributed by atoms with Crippen molar-refractivity contribution in [1.82, 2.24) is 0 Å². The topological polar surface area (TPSA) is 54.4 Å². The number of halogens is 1. The molecule has 1 N–H and O–H groups in total. The van der Waals surface area contributed by atoms with Crippen LogP contribution < -0.4 is 0 Å². The van der Waals surface area contributed by atoms with Crippen molar-refractivity contribution in [3.8, 4) is 0 Å². The minimum atomic E-state index is -2.89. The Morgan fingerprint density at radius 2 is 2.00 bits per heavy atom. The van der Waals surface area contributed by atoms with E-state index in [4.69, 9.17) is 0 Å². The van der Waals surface area contributed by atoms with Gasteiger partial charge in [-0.1, -0.05) is 28.1 Å². The summed E-state index contributed by atoms with van der Waals surface area (Å²) in [7, 11) is -2.89. The minimum Gasteiger partial charge on any atom is -0.396 e. The van der Waals surface area contributed by atoms with Gasteiger partial charge in [0.1, 0.15) is 0 Å². The quantitative estimate of drug-likeness (QED) is 0.927. The Kier molecular flexibility index (Phi) is 3.90. The van der Waals surface area contributed by atoms with Crippen molar-refractivity contribution in [3.05, 3.63) is 34.3 Å². The lowest BCUT2D eigenvalue weighted by atomic mass is 9.86. The van der Waals surface area contributed by atoms with Gasteiger partial charge in [0.25, 0.3) is 0 Å². The second-order valence-electron chi connectivity index (χ2n) is 4.50. The molecule has 0 radical (unpaired) electrons. The van der Waals surface area contributed by atoms with Crippen molar-refractivity contribution >= 4 is 25.8 Å². The molecular formula is C12H15BrO3S. The first-order chi connectivity index (χ1) is 8.02. The SMILES string of the molecule is O=S1(=O)CCC(C(CO)c2ccc(Br)cc2)C1. The molecule has 0 bridgehead atoms. The molecule has 1 aliphatic heterocycles. The van der Waals surface area contributed by atoms with E-state index in [0.717, 1.165) is 10.0 Å². The average molecular weight is 319 g/mol. The summed E-state index contributed by atoms with van der Waals surface area (Å²) in [6.07, 6.45) is 0.656. The number of aliphatic hydroxyl groups excluding tert-OH is 1. The molecule has 0 spiro atoms. The molecule has 2 rings (SSSR count). The van der Waals surface area contributed by atoms with Gasteiger partial charge in [0.05, 0.1) is 18.1 Å². The maximum Gasteiger partial charge on any atom is 0.150 e. The molecule has 1 aromatic rings. The van der Waals surface area contributed by atoms with Gasteiger partial charge < -0.3 is 5.11 Å². The average Bonchev–Trinajstić information content (AvgIpc) is 2.63. The second-order valence-corrected chi connectivity index (χ2v) is 7.65. The first kappa shape index (κ1) is 13.1. The molecule has 2 atom stereocenters. The molecule has 0 saturated carbocycles. The normalized spacial score (nSPS) is 24.7. The smallest absolute Gasteiger partial charge is 0.150 e. The summed E-state index contributed by atoms with van der Waals surface area (Å²) in [6, 6.07) is 7.72. The summed E-state index contributed by atoms with van der Waals surface area (Å²) in [4.78, 5) is 0. The van der Waals surface area contributed by atoms with Gasteiger partial charge in [-0.2, -0.15) is 0 Å². The van der Waals surface area contributed by atoms with Gasteiger partial charge in [-0.05, 0) is 30.0 Å². The zero-order chi connectivity index (χ0) is 12.5. The van der Waals surface area contributed by atoms with E-state index in [1.165, 1.54) is 0 Å². The predicted octanol–water partition coefficient (Wildman–Crippen LogP) is 1.96. The highest BCUT2D eigenvalue weighted by Crippen LogP contribution is 2.33. The lowest BCUT2D eigenvalue weighted by Gasteiger charge is -2.20. The molecule has 94 valence electrons. The summed E-state index contributed by atoms with van der Waals surface area (Å²) in [5.41, 5.74) is 1.01. The van der Waals surface area contributed by atoms with Crippen LogP contribution in [0, 0.1) is 5.92 Å². The molecule has 5 heteroatoms. The molecule has 1 heterocycles. The zero-order valence-corrected chi connectivity index (χ0v) is 11.7. The highest BCUT2D eigenvalue weighted by molar-refractivity contribution is 9.10. The second kappa shape index (κ2) is 5.08. The fourth-order valence-corrected chi connectivity index (χ4v) is 4.52. The standard InChI is InChI=1S/C12H15BrO3S/c13-11-3-1-9(2-4-11)12(7-14)10-5-6-17(15,16)8-10/h1-4,10,12,14H,5-8H2. The highest BCUT2D eigenvalue weighted by atomic mass is 79.9. The van der Waals surface area contributed by atoms with Gasteiger partial charge in [0.15, 0.2) is 9.84 Å². The molecule has 2 unspecified atom stereocenters. The Bertz CT molecular complexity index is 481. The molecule has 0 aliphatic carbocycles. The van der Waals surface area contributed by atoms with Crippen molar-refractivity contribution in [1.29, 1.82) is 0 Å². The van der Waals surface area contributed by atoms with E-state index >= 15 is 0 Å². The lowest BCUT2D eigenvalue weighted by molar-refractivity contribution is 0.233. The third kappa shape index (κ3) is 3.09. The van der Waals surface area contributed by atoms with Gasteiger partial charge in [-0.25, -0.2) is 8.42 Å². The molecule has 0 amide bonds. The van der Waals surface area contributed by atoms with E-state index in [1.807, 2.05) is 24.3 Å². The van der Waals surface area contributed by atoms with Crippen molar-refractivity contribution in [2.45, 2.75) is 12.3 Å². The number of rotatable bonds is 3. The van der Waals surface area contributed by atoms with Crippen LogP contribution in [0.25, 0.3) is 0 Å². The number of hydrogen-bond donors (Lipinski definition) is 1. The van der Waals surface area contributed by atoms with Crippen LogP contribution in [-0.2, 0) is 9.84 Å². The van der Waals surface area contributed by atoms with Gasteiger partial charge >= 0.3 is 0 Å². The maximum atomic E-state index is 11.5. The minimum absolute atomic E-state index is 0.00180. The van der Waals surface area contributed by atoms with Gasteiger partial charge in [0, 0.05) is 10.4 Å². The van der Waals surface area contributed by atoms with Crippen LogP contribution in [0.5, 0.6) is 0 Å². The van der Waals surface area contributed by atoms with Crippen molar-refractivity contribution in [3.63, 3.8) is 0 Å². The lowest BCUT2D eigenvalue weighted by Crippen LogP contribution is -2.18. The third-order valence-corrected chi connectivity index (χ3v) is 5.65. The highest BCUT2D eigenvalue weighted by Gasteiger charge is 2.33. The van der Waals surface area contributed by atoms with Gasteiger partial charge in [-0.15, -0.1) is 0 Å². The Labute approximate surface area is 110 Å². The number of sulfone groups is 1. The summed E-state index contributed by atoms with van der Waals surface area (Å²) in [6.45, 7) is 0.00180. The summed E-state index contributed by atoms with van der Waals surface area (Å²) < 4.78 is 23.9. The largest absolute Gasteiger partial charge is 0.396 e. The molecule has 3 nitrogen and oxygen atoms in total. The fraction of sp³-hybridized carbons (Fsp3) is 0.500. The Hall–Kier alpha value is -0.390. The first-order valence-corrected chi connectivity index (χ1v) is 8.20. The summed E-state index contributed by atoms with van der Waals surface area (Å²) in [5, 5.41) is 9.47. The fourth-order valence-electron chi connectivity index (χ4n) is 2.38. The number of benzene rings is 1. The number of hydrogen-bond acceptors (Lipinski definition) is 3. The Morgan fingerprint density at radius 3 is 2.47 bits per heavy atom. The van der Waals surface area contributed by atoms with Crippen molar-refractivity contribution in [2.24, 2.45) is 5.92 Å². The molecule has 1 fully saturated rings. The van der Waals surface area contributed by atoms with Crippen LogP contribution in [0.1, 0.15) is 17.9 Å². The predicted molar refractivity (Wildman–Crippen MR) is 70.7 cm³/mol. The van der Waals surface area contributed by atoms with Crippen molar-refractivity contribution in [2.75, 3.05) is 18.1 Å². The van der Waals surface area contributed by atoms with Crippen LogP contribution in [0.4, 0.5) is 0 Å². The van der Waals surface area contributed by atoms with E-state index in [2.05, 4.69) is 15.9 Å².